The van der Waals surface area contributed by atoms with Crippen molar-refractivity contribution in [2.45, 2.75) is 25.9 Å². The van der Waals surface area contributed by atoms with Crippen molar-refractivity contribution in [1.29, 1.82) is 0 Å². The van der Waals surface area contributed by atoms with Gasteiger partial charge in [-0.25, -0.2) is 9.78 Å². The monoisotopic (exact) mass is 473 g/mol. The van der Waals surface area contributed by atoms with E-state index in [2.05, 4.69) is 4.98 Å². The molecule has 0 atom stereocenters. The molecule has 1 heterocycles. The van der Waals surface area contributed by atoms with Crippen molar-refractivity contribution >= 4 is 5.97 Å². The van der Waals surface area contributed by atoms with Crippen molar-refractivity contribution in [1.82, 2.24) is 4.98 Å². The molecule has 0 aliphatic carbocycles. The van der Waals surface area contributed by atoms with Gasteiger partial charge in [0, 0.05) is 17.5 Å². The second-order valence-corrected chi connectivity index (χ2v) is 8.41. The molecule has 0 spiro atoms. The third-order valence-electron chi connectivity index (χ3n) is 5.44. The first-order valence-corrected chi connectivity index (χ1v) is 11.2. The summed E-state index contributed by atoms with van der Waals surface area (Å²) in [6.45, 7) is 3.42. The van der Waals surface area contributed by atoms with E-state index in [-0.39, 0.29) is 0 Å². The lowest BCUT2D eigenvalue weighted by molar-refractivity contribution is -0.152. The van der Waals surface area contributed by atoms with Crippen molar-refractivity contribution in [2.75, 3.05) is 13.7 Å². The quantitative estimate of drug-likeness (QED) is 0.307. The molecule has 7 heteroatoms. The highest BCUT2D eigenvalue weighted by atomic mass is 16.5. The first kappa shape index (κ1) is 23.9. The average Bonchev–Trinajstić information content (AvgIpc) is 3.34. The number of hydrogen-bond acceptors (Lipinski definition) is 6. The van der Waals surface area contributed by atoms with Crippen molar-refractivity contribution in [3.63, 3.8) is 0 Å². The molecule has 7 nitrogen and oxygen atoms in total. The zero-order chi connectivity index (χ0) is 24.8. The summed E-state index contributed by atoms with van der Waals surface area (Å²) in [4.78, 5) is 15.8. The minimum Gasteiger partial charge on any atom is -0.496 e. The van der Waals surface area contributed by atoms with Gasteiger partial charge in [-0.2, -0.15) is 0 Å². The van der Waals surface area contributed by atoms with Gasteiger partial charge in [0.1, 0.15) is 23.5 Å². The Morgan fingerprint density at radius 1 is 0.943 bits per heavy atom. The molecule has 0 saturated heterocycles. The number of rotatable bonds is 10. The SMILES string of the molecule is COc1ccccc1-c1ccc(-c2nc(CCOc3ccc(OC(C)(C)C(=O)O)cc3)co2)cc1. The summed E-state index contributed by atoms with van der Waals surface area (Å²) >= 11 is 0. The number of carbonyl (C=O) groups is 1. The van der Waals surface area contributed by atoms with Gasteiger partial charge in [0.15, 0.2) is 5.60 Å². The lowest BCUT2D eigenvalue weighted by Crippen LogP contribution is -2.37. The van der Waals surface area contributed by atoms with Gasteiger partial charge in [0.2, 0.25) is 5.89 Å². The normalized spacial score (nSPS) is 11.2. The summed E-state index contributed by atoms with van der Waals surface area (Å²) in [6.07, 6.45) is 2.21. The van der Waals surface area contributed by atoms with E-state index in [1.165, 1.54) is 13.8 Å². The van der Waals surface area contributed by atoms with E-state index >= 15 is 0 Å². The van der Waals surface area contributed by atoms with Crippen LogP contribution in [0, 0.1) is 0 Å². The van der Waals surface area contributed by atoms with Crippen LogP contribution in [0.2, 0.25) is 0 Å². The highest BCUT2D eigenvalue weighted by Crippen LogP contribution is 2.31. The molecule has 0 radical (unpaired) electrons. The molecular weight excluding hydrogens is 446 g/mol. The summed E-state index contributed by atoms with van der Waals surface area (Å²) in [7, 11) is 1.66. The van der Waals surface area contributed by atoms with Crippen LogP contribution in [0.4, 0.5) is 0 Å². The second-order valence-electron chi connectivity index (χ2n) is 8.41. The van der Waals surface area contributed by atoms with Gasteiger partial charge < -0.3 is 23.7 Å². The van der Waals surface area contributed by atoms with Crippen LogP contribution >= 0.6 is 0 Å². The van der Waals surface area contributed by atoms with Crippen molar-refractivity contribution < 1.29 is 28.5 Å². The maximum absolute atomic E-state index is 11.2. The fourth-order valence-electron chi connectivity index (χ4n) is 3.45. The van der Waals surface area contributed by atoms with Gasteiger partial charge in [0.25, 0.3) is 0 Å². The second kappa shape index (κ2) is 10.3. The first-order chi connectivity index (χ1) is 16.9. The van der Waals surface area contributed by atoms with E-state index in [0.29, 0.717) is 30.4 Å². The Morgan fingerprint density at radius 3 is 2.29 bits per heavy atom. The van der Waals surface area contributed by atoms with E-state index in [1.54, 1.807) is 37.6 Å². The number of aliphatic carboxylic acids is 1. The van der Waals surface area contributed by atoms with Gasteiger partial charge >= 0.3 is 5.97 Å². The molecule has 35 heavy (non-hydrogen) atoms. The number of carboxylic acids is 1. The third-order valence-corrected chi connectivity index (χ3v) is 5.44. The average molecular weight is 474 g/mol. The largest absolute Gasteiger partial charge is 0.496 e. The van der Waals surface area contributed by atoms with E-state index in [1.807, 2.05) is 48.5 Å². The minimum atomic E-state index is -1.30. The number of oxazole rings is 1. The highest BCUT2D eigenvalue weighted by molar-refractivity contribution is 5.76. The van der Waals surface area contributed by atoms with Crippen LogP contribution in [0.15, 0.2) is 83.5 Å². The summed E-state index contributed by atoms with van der Waals surface area (Å²) < 4.78 is 22.4. The van der Waals surface area contributed by atoms with Crippen LogP contribution in [0.5, 0.6) is 17.2 Å². The number of hydrogen-bond donors (Lipinski definition) is 1. The summed E-state index contributed by atoms with van der Waals surface area (Å²) in [5, 5.41) is 9.17. The first-order valence-electron chi connectivity index (χ1n) is 11.2. The zero-order valence-corrected chi connectivity index (χ0v) is 19.9. The Labute approximate surface area is 203 Å². The number of carboxylic acid groups (broad SMARTS) is 1. The van der Waals surface area contributed by atoms with Crippen molar-refractivity contribution in [3.8, 4) is 39.8 Å². The van der Waals surface area contributed by atoms with Gasteiger partial charge in [0.05, 0.1) is 19.4 Å². The molecule has 0 amide bonds. The lowest BCUT2D eigenvalue weighted by atomic mass is 10.0. The fourth-order valence-corrected chi connectivity index (χ4v) is 3.45. The van der Waals surface area contributed by atoms with E-state index < -0.39 is 11.6 Å². The summed E-state index contributed by atoms with van der Waals surface area (Å²) in [5.41, 5.74) is 2.45. The minimum absolute atomic E-state index is 0.416. The van der Waals surface area contributed by atoms with Gasteiger partial charge in [-0.3, -0.25) is 0 Å². The number of methoxy groups -OCH3 is 1. The van der Waals surface area contributed by atoms with Crippen molar-refractivity contribution in [2.24, 2.45) is 0 Å². The molecule has 3 aromatic carbocycles. The molecule has 1 aromatic heterocycles. The molecule has 0 fully saturated rings. The number of nitrogens with zero attached hydrogens (tertiary/aromatic N) is 1. The fraction of sp³-hybridized carbons (Fsp3) is 0.214. The van der Waals surface area contributed by atoms with E-state index in [4.69, 9.17) is 23.7 Å². The van der Waals surface area contributed by atoms with E-state index in [9.17, 15) is 4.79 Å². The van der Waals surface area contributed by atoms with Crippen LogP contribution in [0.25, 0.3) is 22.6 Å². The highest BCUT2D eigenvalue weighted by Gasteiger charge is 2.29. The summed E-state index contributed by atoms with van der Waals surface area (Å²) in [5.74, 6) is 1.46. The third kappa shape index (κ3) is 5.81. The standard InChI is InChI=1S/C28H27NO6/c1-28(2,27(30)31)35-23-14-12-22(13-15-23)33-17-16-21-18-34-26(29-21)20-10-8-19(9-11-20)24-6-4-5-7-25(24)32-3/h4-15,18H,16-17H2,1-3H3,(H,30,31). The molecule has 0 aliphatic rings. The zero-order valence-electron chi connectivity index (χ0n) is 19.9. The van der Waals surface area contributed by atoms with Crippen molar-refractivity contribution in [3.05, 3.63) is 84.8 Å². The molecule has 4 aromatic rings. The van der Waals surface area contributed by atoms with Crippen LogP contribution in [-0.2, 0) is 11.2 Å². The Hall–Kier alpha value is -4.26. The van der Waals surface area contributed by atoms with Gasteiger partial charge in [-0.15, -0.1) is 0 Å². The Morgan fingerprint density at radius 2 is 1.60 bits per heavy atom. The summed E-state index contributed by atoms with van der Waals surface area (Å²) in [6, 6.07) is 22.7. The predicted molar refractivity (Wildman–Crippen MR) is 132 cm³/mol. The molecule has 0 bridgehead atoms. The molecule has 180 valence electrons. The molecular formula is C28H27NO6. The number of aromatic nitrogens is 1. The topological polar surface area (TPSA) is 91.0 Å². The van der Waals surface area contributed by atoms with Crippen LogP contribution in [0.3, 0.4) is 0 Å². The number of para-hydroxylation sites is 1. The molecule has 1 N–H and O–H groups in total. The maximum Gasteiger partial charge on any atom is 0.347 e. The Kier molecular flexibility index (Phi) is 7.06. The lowest BCUT2D eigenvalue weighted by Gasteiger charge is -2.21. The molecule has 0 aliphatic heterocycles. The van der Waals surface area contributed by atoms with Crippen LogP contribution < -0.4 is 14.2 Å². The van der Waals surface area contributed by atoms with Gasteiger partial charge in [-0.1, -0.05) is 30.3 Å². The Bertz CT molecular complexity index is 1280. The predicted octanol–water partition coefficient (Wildman–Crippen LogP) is 5.88. The maximum atomic E-state index is 11.2. The number of benzene rings is 3. The number of ether oxygens (including phenoxy) is 3. The molecule has 4 rings (SSSR count). The van der Waals surface area contributed by atoms with Crippen LogP contribution in [-0.4, -0.2) is 35.4 Å². The molecule has 0 saturated carbocycles. The Balaban J connectivity index is 1.32. The van der Waals surface area contributed by atoms with E-state index in [0.717, 1.165) is 28.1 Å². The van der Waals surface area contributed by atoms with Crippen LogP contribution in [0.1, 0.15) is 19.5 Å². The molecule has 0 unspecified atom stereocenters. The van der Waals surface area contributed by atoms with Gasteiger partial charge in [-0.05, 0) is 61.9 Å². The smallest absolute Gasteiger partial charge is 0.347 e.